The third-order valence-electron chi connectivity index (χ3n) is 6.29. The van der Waals surface area contributed by atoms with Crippen LogP contribution in [0.5, 0.6) is 0 Å². The van der Waals surface area contributed by atoms with E-state index in [1.165, 1.54) is 10.8 Å². The smallest absolute Gasteiger partial charge is 0.338 e. The van der Waals surface area contributed by atoms with Crippen LogP contribution in [-0.4, -0.2) is 46.4 Å². The molecule has 4 atom stereocenters. The molecule has 2 N–H and O–H groups in total. The number of ether oxygens (including phenoxy) is 3. The van der Waals surface area contributed by atoms with E-state index in [2.05, 4.69) is 10.3 Å². The minimum absolute atomic E-state index is 0.0583. The van der Waals surface area contributed by atoms with Gasteiger partial charge in [-0.1, -0.05) is 48.5 Å². The Balaban J connectivity index is 1.42. The van der Waals surface area contributed by atoms with Gasteiger partial charge in [0.15, 0.2) is 6.23 Å². The number of nitrogens with one attached hydrogen (secondary N) is 2. The van der Waals surface area contributed by atoms with Crippen molar-refractivity contribution in [2.45, 2.75) is 37.5 Å². The molecule has 176 valence electrons. The summed E-state index contributed by atoms with van der Waals surface area (Å²) in [5, 5.41) is 3.36. The van der Waals surface area contributed by atoms with Gasteiger partial charge in [-0.15, -0.1) is 0 Å². The Morgan fingerprint density at radius 2 is 1.82 bits per heavy atom. The number of carbonyl (C=O) groups is 1. The van der Waals surface area contributed by atoms with Crippen LogP contribution in [-0.2, 0) is 20.8 Å². The molecular formula is C25H25N3O6. The van der Waals surface area contributed by atoms with Crippen LogP contribution in [0, 0.1) is 6.92 Å². The summed E-state index contributed by atoms with van der Waals surface area (Å²) in [7, 11) is 0. The van der Waals surface area contributed by atoms with Crippen LogP contribution >= 0.6 is 0 Å². The Labute approximate surface area is 195 Å². The minimum atomic E-state index is -1.00. The second-order valence-electron chi connectivity index (χ2n) is 8.62. The molecule has 0 amide bonds. The van der Waals surface area contributed by atoms with Crippen LogP contribution < -0.4 is 16.6 Å². The number of H-pyrrole nitrogens is 1. The van der Waals surface area contributed by atoms with Crippen molar-refractivity contribution < 1.29 is 19.0 Å². The molecule has 2 aliphatic rings. The average molecular weight is 463 g/mol. The van der Waals surface area contributed by atoms with Crippen molar-refractivity contribution in [3.05, 3.63) is 104 Å². The van der Waals surface area contributed by atoms with Gasteiger partial charge in [0, 0.05) is 18.3 Å². The fourth-order valence-corrected chi connectivity index (χ4v) is 4.53. The van der Waals surface area contributed by atoms with Gasteiger partial charge in [0.25, 0.3) is 5.56 Å². The van der Waals surface area contributed by atoms with Crippen LogP contribution in [0.15, 0.2) is 76.4 Å². The Bertz CT molecular complexity index is 1290. The van der Waals surface area contributed by atoms with Gasteiger partial charge < -0.3 is 19.5 Å². The molecule has 2 aromatic carbocycles. The maximum Gasteiger partial charge on any atom is 0.338 e. The first-order valence-electron chi connectivity index (χ1n) is 11.1. The lowest BCUT2D eigenvalue weighted by Gasteiger charge is -2.32. The molecule has 3 aromatic rings. The fraction of sp³-hybridized carbons (Fsp3) is 0.320. The Morgan fingerprint density at radius 1 is 1.12 bits per heavy atom. The molecule has 3 heterocycles. The molecule has 0 saturated carbocycles. The number of aryl methyl sites for hydroxylation is 1. The molecule has 9 heteroatoms. The lowest BCUT2D eigenvalue weighted by atomic mass is 10.00. The first-order chi connectivity index (χ1) is 16.5. The number of hydrogen-bond donors (Lipinski definition) is 2. The zero-order valence-corrected chi connectivity index (χ0v) is 18.6. The zero-order chi connectivity index (χ0) is 23.7. The number of morpholine rings is 1. The van der Waals surface area contributed by atoms with Crippen molar-refractivity contribution in [1.29, 1.82) is 0 Å². The fourth-order valence-electron chi connectivity index (χ4n) is 4.53. The standard InChI is InChI=1S/C25H25N3O6/c1-16-12-28(24(31)27-21(16)29)22-19-20(32-13-17-8-4-2-5-9-17)25(34-22,14-26-19)15-33-23(30)18-10-6-3-7-11-18/h2-12,19-20,22,26H,13-15H2,1H3,(H,27,29,31)/t19-,20-,22-,25-/m1/s1. The Hall–Kier alpha value is -3.53. The maximum absolute atomic E-state index is 12.6. The van der Waals surface area contributed by atoms with Gasteiger partial charge in [0.05, 0.1) is 18.2 Å². The van der Waals surface area contributed by atoms with Crippen LogP contribution in [0.3, 0.4) is 0 Å². The monoisotopic (exact) mass is 463 g/mol. The molecule has 0 aliphatic carbocycles. The summed E-state index contributed by atoms with van der Waals surface area (Å²) in [6, 6.07) is 18.0. The van der Waals surface area contributed by atoms with E-state index < -0.39 is 35.2 Å². The highest BCUT2D eigenvalue weighted by molar-refractivity contribution is 5.89. The van der Waals surface area contributed by atoms with Gasteiger partial charge in [-0.2, -0.15) is 0 Å². The van der Waals surface area contributed by atoms with Gasteiger partial charge >= 0.3 is 11.7 Å². The first-order valence-corrected chi connectivity index (χ1v) is 11.1. The van der Waals surface area contributed by atoms with E-state index in [-0.39, 0.29) is 12.6 Å². The summed E-state index contributed by atoms with van der Waals surface area (Å²) in [6.07, 6.45) is 0.236. The first kappa shape index (κ1) is 22.3. The second kappa shape index (κ2) is 9.02. The van der Waals surface area contributed by atoms with Crippen LogP contribution in [0.2, 0.25) is 0 Å². The summed E-state index contributed by atoms with van der Waals surface area (Å²) in [5.74, 6) is -0.468. The number of aromatic nitrogens is 2. The van der Waals surface area contributed by atoms with E-state index in [4.69, 9.17) is 14.2 Å². The number of esters is 1. The number of benzene rings is 2. The van der Waals surface area contributed by atoms with Crippen LogP contribution in [0.25, 0.3) is 0 Å². The number of aromatic amines is 1. The lowest BCUT2D eigenvalue weighted by molar-refractivity contribution is -0.144. The summed E-state index contributed by atoms with van der Waals surface area (Å²) in [5.41, 5.74) is -0.215. The number of hydrogen-bond acceptors (Lipinski definition) is 7. The van der Waals surface area contributed by atoms with Gasteiger partial charge in [0.2, 0.25) is 0 Å². The number of rotatable bonds is 7. The van der Waals surface area contributed by atoms with E-state index in [9.17, 15) is 14.4 Å². The molecular weight excluding hydrogens is 438 g/mol. The summed E-state index contributed by atoms with van der Waals surface area (Å²) in [4.78, 5) is 39.4. The second-order valence-corrected chi connectivity index (χ2v) is 8.62. The molecule has 9 nitrogen and oxygen atoms in total. The highest BCUT2D eigenvalue weighted by atomic mass is 16.6. The van der Waals surface area contributed by atoms with Crippen molar-refractivity contribution in [3.63, 3.8) is 0 Å². The van der Waals surface area contributed by atoms with Crippen molar-refractivity contribution in [2.75, 3.05) is 13.2 Å². The lowest BCUT2D eigenvalue weighted by Crippen LogP contribution is -2.49. The van der Waals surface area contributed by atoms with E-state index >= 15 is 0 Å². The molecule has 1 aromatic heterocycles. The van der Waals surface area contributed by atoms with E-state index in [0.717, 1.165) is 5.56 Å². The number of fused-ring (bicyclic) bond motifs is 2. The maximum atomic E-state index is 12.6. The molecule has 2 aliphatic heterocycles. The zero-order valence-electron chi connectivity index (χ0n) is 18.6. The van der Waals surface area contributed by atoms with Crippen molar-refractivity contribution >= 4 is 5.97 Å². The molecule has 2 fully saturated rings. The van der Waals surface area contributed by atoms with Crippen molar-refractivity contribution in [3.8, 4) is 0 Å². The summed E-state index contributed by atoms with van der Waals surface area (Å²) in [6.45, 7) is 2.27. The summed E-state index contributed by atoms with van der Waals surface area (Å²) >= 11 is 0. The van der Waals surface area contributed by atoms with Gasteiger partial charge in [0.1, 0.15) is 18.3 Å². The average Bonchev–Trinajstić information content (AvgIpc) is 3.36. The molecule has 0 unspecified atom stereocenters. The molecule has 0 spiro atoms. The predicted molar refractivity (Wildman–Crippen MR) is 122 cm³/mol. The molecule has 34 heavy (non-hydrogen) atoms. The van der Waals surface area contributed by atoms with Crippen molar-refractivity contribution in [2.24, 2.45) is 0 Å². The predicted octanol–water partition coefficient (Wildman–Crippen LogP) is 1.53. The third-order valence-corrected chi connectivity index (χ3v) is 6.29. The number of carbonyl (C=O) groups excluding carboxylic acids is 1. The molecule has 0 radical (unpaired) electrons. The third kappa shape index (κ3) is 4.09. The Kier molecular flexibility index (Phi) is 5.91. The Morgan fingerprint density at radius 3 is 2.56 bits per heavy atom. The normalized spacial score (nSPS) is 25.4. The van der Waals surface area contributed by atoms with Crippen LogP contribution in [0.1, 0.15) is 27.7 Å². The van der Waals surface area contributed by atoms with Gasteiger partial charge in [-0.05, 0) is 24.6 Å². The summed E-state index contributed by atoms with van der Waals surface area (Å²) < 4.78 is 19.7. The van der Waals surface area contributed by atoms with E-state index in [1.54, 1.807) is 31.2 Å². The van der Waals surface area contributed by atoms with Gasteiger partial charge in [-0.3, -0.25) is 14.3 Å². The van der Waals surface area contributed by atoms with Crippen LogP contribution in [0.4, 0.5) is 0 Å². The van der Waals surface area contributed by atoms with Gasteiger partial charge in [-0.25, -0.2) is 9.59 Å². The highest BCUT2D eigenvalue weighted by Gasteiger charge is 2.62. The van der Waals surface area contributed by atoms with E-state index in [1.807, 2.05) is 36.4 Å². The largest absolute Gasteiger partial charge is 0.459 e. The molecule has 5 rings (SSSR count). The quantitative estimate of drug-likeness (QED) is 0.511. The van der Waals surface area contributed by atoms with E-state index in [0.29, 0.717) is 24.3 Å². The highest BCUT2D eigenvalue weighted by Crippen LogP contribution is 2.43. The topological polar surface area (TPSA) is 112 Å². The molecule has 2 bridgehead atoms. The molecule has 2 saturated heterocycles. The SMILES string of the molecule is Cc1cn([C@@H]2O[C@@]3(COC(=O)c4ccccc4)CN[C@@H]2[C@H]3OCc2ccccc2)c(=O)[nH]c1=O. The number of nitrogens with zero attached hydrogens (tertiary/aromatic N) is 1. The minimum Gasteiger partial charge on any atom is -0.459 e. The van der Waals surface area contributed by atoms with Crippen molar-refractivity contribution in [1.82, 2.24) is 14.9 Å².